The molecule has 0 heterocycles. The molecule has 0 radical (unpaired) electrons. The van der Waals surface area contributed by atoms with Crippen molar-refractivity contribution in [2.75, 3.05) is 5.32 Å². The zero-order valence-electron chi connectivity index (χ0n) is 11.2. The Kier molecular flexibility index (Phi) is 4.25. The van der Waals surface area contributed by atoms with Gasteiger partial charge in [0.05, 0.1) is 15.9 Å². The monoisotopic (exact) mass is 323 g/mol. The third-order valence-corrected chi connectivity index (χ3v) is 2.81. The van der Waals surface area contributed by atoms with Crippen molar-refractivity contribution in [3.8, 4) is 0 Å². The predicted molar refractivity (Wildman–Crippen MR) is 74.1 cm³/mol. The van der Waals surface area contributed by atoms with Crippen LogP contribution in [0.5, 0.6) is 0 Å². The Morgan fingerprint density at radius 3 is 2.22 bits per heavy atom. The summed E-state index contributed by atoms with van der Waals surface area (Å²) < 4.78 is 25.9. The molecule has 0 aromatic heterocycles. The van der Waals surface area contributed by atoms with Crippen LogP contribution in [0, 0.1) is 31.9 Å². The third-order valence-electron chi connectivity index (χ3n) is 2.81. The fraction of sp³-hybridized carbons (Fsp3) is 0. The molecule has 23 heavy (non-hydrogen) atoms. The van der Waals surface area contributed by atoms with Gasteiger partial charge in [-0.3, -0.25) is 25.0 Å². The maximum atomic E-state index is 13.1. The van der Waals surface area contributed by atoms with Gasteiger partial charge in [0, 0.05) is 17.8 Å². The summed E-state index contributed by atoms with van der Waals surface area (Å²) in [5.41, 5.74) is -1.91. The van der Waals surface area contributed by atoms with Gasteiger partial charge in [-0.15, -0.1) is 0 Å². The number of hydrogen-bond acceptors (Lipinski definition) is 5. The number of amides is 1. The van der Waals surface area contributed by atoms with Crippen LogP contribution in [0.2, 0.25) is 0 Å². The van der Waals surface area contributed by atoms with Gasteiger partial charge in [0.1, 0.15) is 5.56 Å². The lowest BCUT2D eigenvalue weighted by Gasteiger charge is -2.06. The first-order chi connectivity index (χ1) is 10.8. The summed E-state index contributed by atoms with van der Waals surface area (Å²) in [4.78, 5) is 31.8. The molecule has 1 N–H and O–H groups in total. The number of rotatable bonds is 4. The molecule has 0 saturated heterocycles. The van der Waals surface area contributed by atoms with E-state index in [0.717, 1.165) is 24.3 Å². The number of hydrogen-bond donors (Lipinski definition) is 1. The molecule has 0 saturated carbocycles. The third kappa shape index (κ3) is 3.43. The first-order valence-electron chi connectivity index (χ1n) is 5.99. The highest BCUT2D eigenvalue weighted by Gasteiger charge is 2.24. The normalized spacial score (nSPS) is 10.2. The minimum atomic E-state index is -1.21. The lowest BCUT2D eigenvalue weighted by atomic mass is 10.1. The quantitative estimate of drug-likeness (QED) is 0.686. The number of nitrogens with zero attached hydrogens (tertiary/aromatic N) is 2. The van der Waals surface area contributed by atoms with Crippen LogP contribution in [0.1, 0.15) is 10.4 Å². The lowest BCUT2D eigenvalue weighted by molar-refractivity contribution is -0.394. The molecule has 0 aliphatic heterocycles. The Labute approximate surface area is 126 Å². The van der Waals surface area contributed by atoms with Crippen molar-refractivity contribution >= 4 is 23.0 Å². The van der Waals surface area contributed by atoms with Crippen LogP contribution in [-0.2, 0) is 0 Å². The number of nitrogens with one attached hydrogen (secondary N) is 1. The molecule has 2 aromatic rings. The van der Waals surface area contributed by atoms with Crippen molar-refractivity contribution in [1.82, 2.24) is 0 Å². The van der Waals surface area contributed by atoms with Crippen LogP contribution >= 0.6 is 0 Å². The predicted octanol–water partition coefficient (Wildman–Crippen LogP) is 3.03. The number of halogens is 2. The number of carbonyl (C=O) groups is 1. The van der Waals surface area contributed by atoms with E-state index in [1.165, 1.54) is 0 Å². The molecular weight excluding hydrogens is 316 g/mol. The molecule has 0 fully saturated rings. The largest absolute Gasteiger partial charge is 0.322 e. The van der Waals surface area contributed by atoms with Gasteiger partial charge in [-0.2, -0.15) is 0 Å². The molecule has 0 unspecified atom stereocenters. The van der Waals surface area contributed by atoms with Gasteiger partial charge >= 0.3 is 0 Å². The van der Waals surface area contributed by atoms with Crippen molar-refractivity contribution in [3.05, 3.63) is 73.8 Å². The van der Waals surface area contributed by atoms with Gasteiger partial charge in [-0.25, -0.2) is 8.78 Å². The Morgan fingerprint density at radius 2 is 1.65 bits per heavy atom. The van der Waals surface area contributed by atoms with Crippen molar-refractivity contribution in [2.45, 2.75) is 0 Å². The van der Waals surface area contributed by atoms with Crippen LogP contribution in [0.25, 0.3) is 0 Å². The highest BCUT2D eigenvalue weighted by atomic mass is 19.2. The summed E-state index contributed by atoms with van der Waals surface area (Å²) in [5.74, 6) is -3.32. The Hall–Kier alpha value is -3.43. The van der Waals surface area contributed by atoms with Gasteiger partial charge in [-0.1, -0.05) is 0 Å². The fourth-order valence-electron chi connectivity index (χ4n) is 1.75. The maximum Gasteiger partial charge on any atom is 0.289 e. The topological polar surface area (TPSA) is 115 Å². The van der Waals surface area contributed by atoms with E-state index in [4.69, 9.17) is 0 Å². The number of carbonyl (C=O) groups excluding carboxylic acids is 1. The molecule has 8 nitrogen and oxygen atoms in total. The maximum absolute atomic E-state index is 13.1. The lowest BCUT2D eigenvalue weighted by Crippen LogP contribution is -2.14. The molecule has 10 heteroatoms. The molecule has 1 amide bonds. The minimum Gasteiger partial charge on any atom is -0.322 e. The second-order valence-corrected chi connectivity index (χ2v) is 4.30. The molecule has 0 spiro atoms. The fourth-order valence-corrected chi connectivity index (χ4v) is 1.75. The minimum absolute atomic E-state index is 0.124. The number of benzene rings is 2. The van der Waals surface area contributed by atoms with Gasteiger partial charge in [0.25, 0.3) is 17.3 Å². The van der Waals surface area contributed by atoms with Crippen LogP contribution in [0.3, 0.4) is 0 Å². The van der Waals surface area contributed by atoms with Gasteiger partial charge in [-0.05, 0) is 18.2 Å². The second kappa shape index (κ2) is 6.13. The van der Waals surface area contributed by atoms with E-state index >= 15 is 0 Å². The smallest absolute Gasteiger partial charge is 0.289 e. The van der Waals surface area contributed by atoms with Gasteiger partial charge in [0.2, 0.25) is 0 Å². The summed E-state index contributed by atoms with van der Waals surface area (Å²) in [7, 11) is 0. The average molecular weight is 323 g/mol. The summed E-state index contributed by atoms with van der Waals surface area (Å²) in [6, 6.07) is 5.01. The zero-order valence-corrected chi connectivity index (χ0v) is 11.2. The standard InChI is InChI=1S/C13H7F2N3O5/c14-10-4-1-7(5-11(10)15)16-13(19)9-3-2-8(17(20)21)6-12(9)18(22)23/h1-6H,(H,16,19). The number of non-ortho nitro benzene ring substituents is 1. The van der Waals surface area contributed by atoms with E-state index < -0.39 is 44.3 Å². The van der Waals surface area contributed by atoms with Crippen LogP contribution < -0.4 is 5.32 Å². The molecule has 0 bridgehead atoms. The van der Waals surface area contributed by atoms with E-state index in [0.29, 0.717) is 12.1 Å². The Bertz CT molecular complexity index is 825. The zero-order chi connectivity index (χ0) is 17.1. The highest BCUT2D eigenvalue weighted by molar-refractivity contribution is 6.07. The van der Waals surface area contributed by atoms with Gasteiger partial charge in [0.15, 0.2) is 11.6 Å². The molecule has 2 aromatic carbocycles. The van der Waals surface area contributed by atoms with Gasteiger partial charge < -0.3 is 5.32 Å². The van der Waals surface area contributed by atoms with Crippen molar-refractivity contribution < 1.29 is 23.4 Å². The highest BCUT2D eigenvalue weighted by Crippen LogP contribution is 2.25. The first-order valence-corrected chi connectivity index (χ1v) is 5.99. The SMILES string of the molecule is O=C(Nc1ccc(F)c(F)c1)c1ccc([N+](=O)[O-])cc1[N+](=O)[O-]. The summed E-state index contributed by atoms with van der Waals surface area (Å²) >= 11 is 0. The van der Waals surface area contributed by atoms with E-state index in [-0.39, 0.29) is 5.69 Å². The average Bonchev–Trinajstić information content (AvgIpc) is 2.50. The van der Waals surface area contributed by atoms with E-state index in [1.807, 2.05) is 0 Å². The number of nitro benzene ring substituents is 2. The summed E-state index contributed by atoms with van der Waals surface area (Å²) in [5, 5.41) is 23.7. The second-order valence-electron chi connectivity index (χ2n) is 4.30. The summed E-state index contributed by atoms with van der Waals surface area (Å²) in [6.45, 7) is 0. The first kappa shape index (κ1) is 15.9. The van der Waals surface area contributed by atoms with Crippen molar-refractivity contribution in [1.29, 1.82) is 0 Å². The van der Waals surface area contributed by atoms with Crippen molar-refractivity contribution in [3.63, 3.8) is 0 Å². The van der Waals surface area contributed by atoms with E-state index in [9.17, 15) is 33.8 Å². The Balaban J connectivity index is 2.36. The molecule has 118 valence electrons. The molecule has 2 rings (SSSR count). The Morgan fingerprint density at radius 1 is 0.957 bits per heavy atom. The molecular formula is C13H7F2N3O5. The van der Waals surface area contributed by atoms with Crippen molar-refractivity contribution in [2.24, 2.45) is 0 Å². The van der Waals surface area contributed by atoms with Crippen LogP contribution in [-0.4, -0.2) is 15.8 Å². The number of anilines is 1. The molecule has 0 aliphatic rings. The molecule has 0 aliphatic carbocycles. The van der Waals surface area contributed by atoms with Crippen LogP contribution in [0.4, 0.5) is 25.8 Å². The van der Waals surface area contributed by atoms with E-state index in [1.54, 1.807) is 0 Å². The number of nitro groups is 2. The summed E-state index contributed by atoms with van der Waals surface area (Å²) in [6.07, 6.45) is 0. The van der Waals surface area contributed by atoms with E-state index in [2.05, 4.69) is 5.32 Å². The molecule has 0 atom stereocenters. The van der Waals surface area contributed by atoms with Crippen LogP contribution in [0.15, 0.2) is 36.4 Å².